The molecule has 0 N–H and O–H groups in total. The van der Waals surface area contributed by atoms with Gasteiger partial charge in [0.25, 0.3) is 0 Å². The average Bonchev–Trinajstić information content (AvgIpc) is 1.98. The number of hydrogen-bond acceptors (Lipinski definition) is 2. The van der Waals surface area contributed by atoms with Crippen LogP contribution < -0.4 is 0 Å². The summed E-state index contributed by atoms with van der Waals surface area (Å²) in [5, 5.41) is 0. The molecule has 0 spiro atoms. The van der Waals surface area contributed by atoms with E-state index < -0.39 is 0 Å². The normalized spacial score (nSPS) is 23.5. The van der Waals surface area contributed by atoms with Crippen molar-refractivity contribution in [1.29, 1.82) is 0 Å². The zero-order valence-corrected chi connectivity index (χ0v) is 10.2. The smallest absolute Gasteiger partial charge is 0.0277 e. The molecule has 80 valence electrons. The molecule has 0 radical (unpaired) electrons. The summed E-state index contributed by atoms with van der Waals surface area (Å²) in [6.07, 6.45) is 1.25. The van der Waals surface area contributed by atoms with Gasteiger partial charge in [-0.3, -0.25) is 4.90 Å². The Labute approximate surface area is 83.9 Å². The SMILES string of the molecule is CCC.CN1CCN(C)C(C)(C)C1. The molecule has 2 heteroatoms. The summed E-state index contributed by atoms with van der Waals surface area (Å²) in [4.78, 5) is 4.81. The van der Waals surface area contributed by atoms with Crippen LogP contribution in [0, 0.1) is 0 Å². The Hall–Kier alpha value is -0.0800. The van der Waals surface area contributed by atoms with Crippen LogP contribution >= 0.6 is 0 Å². The monoisotopic (exact) mass is 186 g/mol. The van der Waals surface area contributed by atoms with E-state index in [1.165, 1.54) is 26.1 Å². The lowest BCUT2D eigenvalue weighted by atomic mass is 10.0. The zero-order chi connectivity index (χ0) is 10.5. The molecule has 0 aromatic carbocycles. The number of rotatable bonds is 0. The minimum Gasteiger partial charge on any atom is -0.303 e. The fourth-order valence-electron chi connectivity index (χ4n) is 1.48. The van der Waals surface area contributed by atoms with Crippen molar-refractivity contribution in [3.63, 3.8) is 0 Å². The van der Waals surface area contributed by atoms with Crippen LogP contribution in [-0.4, -0.2) is 49.1 Å². The molecule has 2 nitrogen and oxygen atoms in total. The van der Waals surface area contributed by atoms with E-state index in [1.54, 1.807) is 0 Å². The predicted molar refractivity (Wildman–Crippen MR) is 60.2 cm³/mol. The van der Waals surface area contributed by atoms with E-state index >= 15 is 0 Å². The van der Waals surface area contributed by atoms with Gasteiger partial charge in [-0.25, -0.2) is 0 Å². The Kier molecular flexibility index (Phi) is 5.57. The van der Waals surface area contributed by atoms with Crippen LogP contribution in [0.3, 0.4) is 0 Å². The molecule has 0 aromatic rings. The van der Waals surface area contributed by atoms with Crippen molar-refractivity contribution < 1.29 is 0 Å². The lowest BCUT2D eigenvalue weighted by Gasteiger charge is -2.44. The van der Waals surface area contributed by atoms with Crippen molar-refractivity contribution in [2.45, 2.75) is 39.7 Å². The third-order valence-corrected chi connectivity index (χ3v) is 2.51. The summed E-state index contributed by atoms with van der Waals surface area (Å²) in [5.41, 5.74) is 0.368. The van der Waals surface area contributed by atoms with Gasteiger partial charge in [-0.15, -0.1) is 0 Å². The number of likely N-dealkylation sites (N-methyl/N-ethyl adjacent to an activating group) is 2. The predicted octanol–water partition coefficient (Wildman–Crippen LogP) is 2.06. The van der Waals surface area contributed by atoms with Crippen molar-refractivity contribution in [2.24, 2.45) is 0 Å². The van der Waals surface area contributed by atoms with Gasteiger partial charge < -0.3 is 4.90 Å². The largest absolute Gasteiger partial charge is 0.303 e. The molecule has 0 atom stereocenters. The van der Waals surface area contributed by atoms with Gasteiger partial charge in [-0.05, 0) is 27.9 Å². The van der Waals surface area contributed by atoms with E-state index in [9.17, 15) is 0 Å². The molecule has 0 aliphatic carbocycles. The highest BCUT2D eigenvalue weighted by Crippen LogP contribution is 2.16. The van der Waals surface area contributed by atoms with Crippen LogP contribution in [-0.2, 0) is 0 Å². The summed E-state index contributed by atoms with van der Waals surface area (Å²) < 4.78 is 0. The second-order valence-electron chi connectivity index (χ2n) is 4.68. The van der Waals surface area contributed by atoms with Crippen molar-refractivity contribution in [2.75, 3.05) is 33.7 Å². The number of nitrogens with zero attached hydrogens (tertiary/aromatic N) is 2. The third kappa shape index (κ3) is 4.63. The highest BCUT2D eigenvalue weighted by molar-refractivity contribution is 4.86. The molecule has 1 heterocycles. The zero-order valence-electron chi connectivity index (χ0n) is 10.2. The van der Waals surface area contributed by atoms with Crippen LogP contribution in [0.2, 0.25) is 0 Å². The first-order chi connectivity index (χ1) is 5.94. The van der Waals surface area contributed by atoms with Crippen LogP contribution in [0.25, 0.3) is 0 Å². The molecular formula is C11H26N2. The molecule has 1 saturated heterocycles. The van der Waals surface area contributed by atoms with E-state index in [2.05, 4.69) is 51.6 Å². The first-order valence-electron chi connectivity index (χ1n) is 5.33. The van der Waals surface area contributed by atoms with Gasteiger partial charge in [0.15, 0.2) is 0 Å². The molecule has 0 saturated carbocycles. The fraction of sp³-hybridized carbons (Fsp3) is 1.00. The quantitative estimate of drug-likeness (QED) is 0.571. The Balaban J connectivity index is 0.000000424. The molecular weight excluding hydrogens is 160 g/mol. The number of hydrogen-bond donors (Lipinski definition) is 0. The minimum absolute atomic E-state index is 0.368. The molecule has 0 unspecified atom stereocenters. The maximum atomic E-state index is 2.42. The molecule has 1 aliphatic heterocycles. The molecule has 0 aromatic heterocycles. The molecule has 1 fully saturated rings. The standard InChI is InChI=1S/C8H18N2.C3H8/c1-8(2)7-9(3)5-6-10(8)4;1-3-2/h5-7H2,1-4H3;3H2,1-2H3. The maximum absolute atomic E-state index is 2.42. The van der Waals surface area contributed by atoms with E-state index in [1.807, 2.05) is 0 Å². The van der Waals surface area contributed by atoms with Gasteiger partial charge in [0, 0.05) is 25.2 Å². The van der Waals surface area contributed by atoms with E-state index in [-0.39, 0.29) is 0 Å². The van der Waals surface area contributed by atoms with E-state index in [0.29, 0.717) is 5.54 Å². The maximum Gasteiger partial charge on any atom is 0.0277 e. The second-order valence-corrected chi connectivity index (χ2v) is 4.68. The Morgan fingerprint density at radius 3 is 1.85 bits per heavy atom. The van der Waals surface area contributed by atoms with Crippen molar-refractivity contribution in [1.82, 2.24) is 9.80 Å². The summed E-state index contributed by atoms with van der Waals surface area (Å²) >= 11 is 0. The fourth-order valence-corrected chi connectivity index (χ4v) is 1.48. The minimum atomic E-state index is 0.368. The van der Waals surface area contributed by atoms with Crippen LogP contribution in [0.5, 0.6) is 0 Å². The first kappa shape index (κ1) is 12.9. The van der Waals surface area contributed by atoms with Gasteiger partial charge in [0.2, 0.25) is 0 Å². The van der Waals surface area contributed by atoms with E-state index in [0.717, 1.165) is 0 Å². The van der Waals surface area contributed by atoms with Gasteiger partial charge >= 0.3 is 0 Å². The molecule has 0 bridgehead atoms. The van der Waals surface area contributed by atoms with Crippen molar-refractivity contribution >= 4 is 0 Å². The molecule has 1 rings (SSSR count). The summed E-state index contributed by atoms with van der Waals surface area (Å²) in [6.45, 7) is 12.4. The van der Waals surface area contributed by atoms with Gasteiger partial charge in [0.1, 0.15) is 0 Å². The highest BCUT2D eigenvalue weighted by Gasteiger charge is 2.28. The van der Waals surface area contributed by atoms with Crippen LogP contribution in [0.4, 0.5) is 0 Å². The van der Waals surface area contributed by atoms with Crippen LogP contribution in [0.15, 0.2) is 0 Å². The lowest BCUT2D eigenvalue weighted by molar-refractivity contribution is 0.0541. The highest BCUT2D eigenvalue weighted by atomic mass is 15.3. The lowest BCUT2D eigenvalue weighted by Crippen LogP contribution is -2.56. The average molecular weight is 186 g/mol. The Morgan fingerprint density at radius 2 is 1.54 bits per heavy atom. The summed E-state index contributed by atoms with van der Waals surface area (Å²) in [6, 6.07) is 0. The third-order valence-electron chi connectivity index (χ3n) is 2.51. The van der Waals surface area contributed by atoms with Crippen molar-refractivity contribution in [3.05, 3.63) is 0 Å². The van der Waals surface area contributed by atoms with Crippen molar-refractivity contribution in [3.8, 4) is 0 Å². The molecule has 13 heavy (non-hydrogen) atoms. The van der Waals surface area contributed by atoms with Gasteiger partial charge in [-0.1, -0.05) is 20.3 Å². The molecule has 1 aliphatic rings. The van der Waals surface area contributed by atoms with Gasteiger partial charge in [0.05, 0.1) is 0 Å². The van der Waals surface area contributed by atoms with Crippen LogP contribution in [0.1, 0.15) is 34.1 Å². The Bertz CT molecular complexity index is 132. The summed E-state index contributed by atoms with van der Waals surface area (Å²) in [7, 11) is 4.39. The Morgan fingerprint density at radius 1 is 1.08 bits per heavy atom. The first-order valence-corrected chi connectivity index (χ1v) is 5.33. The summed E-state index contributed by atoms with van der Waals surface area (Å²) in [5.74, 6) is 0. The van der Waals surface area contributed by atoms with Gasteiger partial charge in [-0.2, -0.15) is 0 Å². The molecule has 0 amide bonds. The topological polar surface area (TPSA) is 6.48 Å². The van der Waals surface area contributed by atoms with E-state index in [4.69, 9.17) is 0 Å². The number of piperazine rings is 1. The second kappa shape index (κ2) is 5.61.